The Labute approximate surface area is 70.6 Å². The molecule has 2 heterocycles. The number of rotatable bonds is 0. The number of hydrogen-bond donors (Lipinski definition) is 1. The van der Waals surface area contributed by atoms with Crippen molar-refractivity contribution in [1.82, 2.24) is 4.98 Å². The minimum Gasteiger partial charge on any atom is -0.369 e. The topological polar surface area (TPSA) is 24.9 Å². The summed E-state index contributed by atoms with van der Waals surface area (Å²) in [7, 11) is 0. The molecule has 0 aliphatic carbocycles. The Morgan fingerprint density at radius 2 is 2.45 bits per heavy atom. The fraction of sp³-hybridized carbons (Fsp3) is 0.250. The summed E-state index contributed by atoms with van der Waals surface area (Å²) in [6.07, 6.45) is 2.73. The van der Waals surface area contributed by atoms with Crippen molar-refractivity contribution in [3.8, 4) is 0 Å². The highest BCUT2D eigenvalue weighted by Crippen LogP contribution is 2.18. The molecule has 0 unspecified atom stereocenters. The first-order chi connectivity index (χ1) is 5.38. The first kappa shape index (κ1) is 6.73. The number of pyridine rings is 1. The van der Waals surface area contributed by atoms with E-state index < -0.39 is 0 Å². The van der Waals surface area contributed by atoms with Crippen molar-refractivity contribution in [2.45, 2.75) is 6.42 Å². The number of nitrogens with one attached hydrogen (secondary N) is 1. The minimum absolute atomic E-state index is 0.919. The van der Waals surface area contributed by atoms with Crippen LogP contribution in [0.5, 0.6) is 0 Å². The quantitative estimate of drug-likeness (QED) is 0.590. The van der Waals surface area contributed by atoms with Crippen LogP contribution in [-0.2, 0) is 0 Å². The second kappa shape index (κ2) is 2.58. The summed E-state index contributed by atoms with van der Waals surface area (Å²) in [5.74, 6) is 0.934. The van der Waals surface area contributed by atoms with Crippen LogP contribution in [0.15, 0.2) is 18.3 Å². The summed E-state index contributed by atoms with van der Waals surface area (Å²) < 4.78 is 0. The molecule has 0 fully saturated rings. The molecule has 11 heavy (non-hydrogen) atoms. The lowest BCUT2D eigenvalue weighted by molar-refractivity contribution is 1.06. The first-order valence-corrected chi connectivity index (χ1v) is 4.01. The number of aromatic nitrogens is 1. The van der Waals surface area contributed by atoms with E-state index >= 15 is 0 Å². The van der Waals surface area contributed by atoms with Gasteiger partial charge in [0.15, 0.2) is 0 Å². The highest BCUT2D eigenvalue weighted by Gasteiger charge is 2.12. The van der Waals surface area contributed by atoms with Crippen LogP contribution in [0.4, 0.5) is 5.82 Å². The smallest absolute Gasteiger partial charge is 0.134 e. The number of fused-ring (bicyclic) bond motifs is 1. The molecule has 2 nitrogen and oxygen atoms in total. The standard InChI is InChI=1S/C8H8N2S/c11-7-3-5-10-8-6(7)2-1-4-9-8/h1-2,4H,3,5H2,(H,9,10). The van der Waals surface area contributed by atoms with E-state index in [0.717, 1.165) is 29.2 Å². The molecule has 56 valence electrons. The maximum absolute atomic E-state index is 5.18. The summed E-state index contributed by atoms with van der Waals surface area (Å²) in [6, 6.07) is 3.93. The van der Waals surface area contributed by atoms with Gasteiger partial charge in [-0.05, 0) is 12.1 Å². The van der Waals surface area contributed by atoms with Crippen molar-refractivity contribution in [2.75, 3.05) is 11.9 Å². The molecule has 0 bridgehead atoms. The number of thiocarbonyl (C=S) groups is 1. The molecule has 1 aliphatic rings. The van der Waals surface area contributed by atoms with Gasteiger partial charge in [0.2, 0.25) is 0 Å². The van der Waals surface area contributed by atoms with Crippen molar-refractivity contribution >= 4 is 22.9 Å². The Bertz CT molecular complexity index is 296. The predicted octanol–water partition coefficient (Wildman–Crippen LogP) is 1.62. The van der Waals surface area contributed by atoms with Gasteiger partial charge < -0.3 is 5.32 Å². The van der Waals surface area contributed by atoms with Crippen molar-refractivity contribution < 1.29 is 0 Å². The van der Waals surface area contributed by atoms with Gasteiger partial charge in [0.25, 0.3) is 0 Å². The molecule has 0 saturated heterocycles. The summed E-state index contributed by atoms with van der Waals surface area (Å²) >= 11 is 5.18. The van der Waals surface area contributed by atoms with E-state index in [2.05, 4.69) is 10.3 Å². The van der Waals surface area contributed by atoms with E-state index in [4.69, 9.17) is 12.2 Å². The van der Waals surface area contributed by atoms with Crippen LogP contribution in [0, 0.1) is 0 Å². The second-order valence-corrected chi connectivity index (χ2v) is 2.99. The zero-order valence-electron chi connectivity index (χ0n) is 6.00. The summed E-state index contributed by atoms with van der Waals surface area (Å²) in [4.78, 5) is 5.19. The van der Waals surface area contributed by atoms with Gasteiger partial charge >= 0.3 is 0 Å². The van der Waals surface area contributed by atoms with E-state index in [9.17, 15) is 0 Å². The van der Waals surface area contributed by atoms with Gasteiger partial charge in [0, 0.05) is 29.6 Å². The third-order valence-corrected chi connectivity index (χ3v) is 2.18. The summed E-state index contributed by atoms with van der Waals surface area (Å²) in [5.41, 5.74) is 1.09. The molecule has 3 heteroatoms. The zero-order valence-corrected chi connectivity index (χ0v) is 6.82. The van der Waals surface area contributed by atoms with Crippen molar-refractivity contribution in [3.63, 3.8) is 0 Å². The maximum atomic E-state index is 5.18. The molecule has 2 rings (SSSR count). The third-order valence-electron chi connectivity index (χ3n) is 1.75. The predicted molar refractivity (Wildman–Crippen MR) is 49.0 cm³/mol. The molecule has 0 atom stereocenters. The Morgan fingerprint density at radius 3 is 3.27 bits per heavy atom. The van der Waals surface area contributed by atoms with Crippen LogP contribution in [0.25, 0.3) is 0 Å². The van der Waals surface area contributed by atoms with Gasteiger partial charge in [-0.25, -0.2) is 4.98 Å². The molecule has 0 aromatic carbocycles. The third kappa shape index (κ3) is 1.12. The number of anilines is 1. The Morgan fingerprint density at radius 1 is 1.55 bits per heavy atom. The average molecular weight is 164 g/mol. The van der Waals surface area contributed by atoms with Crippen molar-refractivity contribution in [2.24, 2.45) is 0 Å². The maximum Gasteiger partial charge on any atom is 0.134 e. The molecule has 1 aromatic rings. The molecular formula is C8H8N2S. The van der Waals surface area contributed by atoms with Gasteiger partial charge in [-0.2, -0.15) is 0 Å². The van der Waals surface area contributed by atoms with E-state index in [0.29, 0.717) is 0 Å². The normalized spacial score (nSPS) is 15.5. The van der Waals surface area contributed by atoms with Crippen LogP contribution in [0.1, 0.15) is 12.0 Å². The lowest BCUT2D eigenvalue weighted by atomic mass is 10.1. The second-order valence-electron chi connectivity index (χ2n) is 2.50. The van der Waals surface area contributed by atoms with Crippen LogP contribution >= 0.6 is 12.2 Å². The Balaban J connectivity index is 2.52. The average Bonchev–Trinajstić information content (AvgIpc) is 2.06. The molecule has 1 N–H and O–H groups in total. The Hall–Kier alpha value is -0.960. The fourth-order valence-corrected chi connectivity index (χ4v) is 1.47. The Kier molecular flexibility index (Phi) is 1.58. The van der Waals surface area contributed by atoms with Gasteiger partial charge in [-0.3, -0.25) is 0 Å². The van der Waals surface area contributed by atoms with Crippen molar-refractivity contribution in [1.29, 1.82) is 0 Å². The van der Waals surface area contributed by atoms with Gasteiger partial charge in [0.1, 0.15) is 5.82 Å². The zero-order chi connectivity index (χ0) is 7.68. The van der Waals surface area contributed by atoms with E-state index in [1.807, 2.05) is 12.1 Å². The SMILES string of the molecule is S=C1CCNc2ncccc21. The molecule has 0 saturated carbocycles. The highest BCUT2D eigenvalue weighted by atomic mass is 32.1. The number of nitrogens with zero attached hydrogens (tertiary/aromatic N) is 1. The molecule has 0 spiro atoms. The summed E-state index contributed by atoms with van der Waals surface area (Å²) in [6.45, 7) is 0.919. The van der Waals surface area contributed by atoms with Crippen LogP contribution < -0.4 is 5.32 Å². The highest BCUT2D eigenvalue weighted by molar-refractivity contribution is 7.80. The van der Waals surface area contributed by atoms with Gasteiger partial charge in [-0.15, -0.1) is 0 Å². The van der Waals surface area contributed by atoms with E-state index in [1.54, 1.807) is 6.20 Å². The summed E-state index contributed by atoms with van der Waals surface area (Å²) in [5, 5.41) is 3.19. The van der Waals surface area contributed by atoms with Crippen molar-refractivity contribution in [3.05, 3.63) is 23.9 Å². The lowest BCUT2D eigenvalue weighted by Crippen LogP contribution is -2.17. The van der Waals surface area contributed by atoms with Crippen LogP contribution in [0.2, 0.25) is 0 Å². The van der Waals surface area contributed by atoms with Gasteiger partial charge in [0.05, 0.1) is 0 Å². The van der Waals surface area contributed by atoms with E-state index in [1.165, 1.54) is 0 Å². The van der Waals surface area contributed by atoms with Crippen LogP contribution in [0.3, 0.4) is 0 Å². The lowest BCUT2D eigenvalue weighted by Gasteiger charge is -2.16. The van der Waals surface area contributed by atoms with Crippen LogP contribution in [-0.4, -0.2) is 16.4 Å². The molecule has 0 amide bonds. The largest absolute Gasteiger partial charge is 0.369 e. The minimum atomic E-state index is 0.919. The molecule has 0 radical (unpaired) electrons. The molecular weight excluding hydrogens is 156 g/mol. The first-order valence-electron chi connectivity index (χ1n) is 3.60. The number of hydrogen-bond acceptors (Lipinski definition) is 3. The fourth-order valence-electron chi connectivity index (χ4n) is 1.20. The van der Waals surface area contributed by atoms with E-state index in [-0.39, 0.29) is 0 Å². The van der Waals surface area contributed by atoms with Gasteiger partial charge in [-0.1, -0.05) is 12.2 Å². The molecule has 1 aromatic heterocycles. The monoisotopic (exact) mass is 164 g/mol. The molecule has 1 aliphatic heterocycles.